The number of carbonyl (C=O) groups excluding carboxylic acids is 2. The molecule has 3 rings (SSSR count). The van der Waals surface area contributed by atoms with Crippen LogP contribution in [-0.2, 0) is 11.0 Å². The van der Waals surface area contributed by atoms with E-state index in [-0.39, 0.29) is 17.1 Å². The second kappa shape index (κ2) is 9.42. The third kappa shape index (κ3) is 6.00. The van der Waals surface area contributed by atoms with Gasteiger partial charge in [0.1, 0.15) is 11.5 Å². The van der Waals surface area contributed by atoms with Gasteiger partial charge in [-0.05, 0) is 67.1 Å². The first-order valence-electron chi connectivity index (χ1n) is 9.43. The molecule has 3 aromatic carbocycles. The zero-order chi connectivity index (χ0) is 23.3. The summed E-state index contributed by atoms with van der Waals surface area (Å²) in [6, 6.07) is 15.0. The molecule has 0 aliphatic heterocycles. The van der Waals surface area contributed by atoms with Gasteiger partial charge < -0.3 is 20.5 Å². The maximum absolute atomic E-state index is 12.7. The first-order valence-corrected chi connectivity index (χ1v) is 9.43. The second-order valence-corrected chi connectivity index (χ2v) is 6.91. The molecular weight excluding hydrogens is 425 g/mol. The lowest BCUT2D eigenvalue weighted by Crippen LogP contribution is -2.20. The number of nitrogens with one attached hydrogen (secondary N) is 2. The van der Waals surface area contributed by atoms with E-state index in [0.29, 0.717) is 11.3 Å². The van der Waals surface area contributed by atoms with Crippen molar-refractivity contribution in [2.75, 3.05) is 17.2 Å². The minimum absolute atomic E-state index is 0.000183. The van der Waals surface area contributed by atoms with Crippen LogP contribution in [0, 0.1) is 6.92 Å². The molecule has 0 saturated heterocycles. The lowest BCUT2D eigenvalue weighted by Gasteiger charge is -2.11. The minimum Gasteiger partial charge on any atom is -0.506 e. The SMILES string of the molecule is Cc1ccc(NC(=O)c2ccc(OCC(=O)Nc3cccc(C(F)(F)F)c3)cc2)c(O)c1. The van der Waals surface area contributed by atoms with E-state index < -0.39 is 30.2 Å². The number of phenols is 1. The van der Waals surface area contributed by atoms with Crippen LogP contribution in [0.1, 0.15) is 21.5 Å². The Bertz CT molecular complexity index is 1130. The van der Waals surface area contributed by atoms with Crippen molar-refractivity contribution in [2.24, 2.45) is 0 Å². The van der Waals surface area contributed by atoms with Gasteiger partial charge in [-0.2, -0.15) is 13.2 Å². The fourth-order valence-corrected chi connectivity index (χ4v) is 2.76. The van der Waals surface area contributed by atoms with Gasteiger partial charge in [-0.25, -0.2) is 0 Å². The molecule has 0 saturated carbocycles. The van der Waals surface area contributed by atoms with Crippen LogP contribution in [0.15, 0.2) is 66.7 Å². The second-order valence-electron chi connectivity index (χ2n) is 6.91. The molecule has 9 heteroatoms. The molecule has 0 spiro atoms. The third-order valence-electron chi connectivity index (χ3n) is 4.36. The van der Waals surface area contributed by atoms with E-state index >= 15 is 0 Å². The average Bonchev–Trinajstić information content (AvgIpc) is 2.74. The highest BCUT2D eigenvalue weighted by Crippen LogP contribution is 2.30. The molecule has 0 heterocycles. The van der Waals surface area contributed by atoms with Gasteiger partial charge >= 0.3 is 6.18 Å². The number of phenolic OH excluding ortho intramolecular Hbond substituents is 1. The first kappa shape index (κ1) is 22.7. The van der Waals surface area contributed by atoms with Crippen LogP contribution in [-0.4, -0.2) is 23.5 Å². The van der Waals surface area contributed by atoms with E-state index in [1.165, 1.54) is 42.5 Å². The molecule has 0 bridgehead atoms. The Labute approximate surface area is 181 Å². The van der Waals surface area contributed by atoms with Gasteiger partial charge in [-0.3, -0.25) is 9.59 Å². The molecule has 3 aromatic rings. The smallest absolute Gasteiger partial charge is 0.416 e. The highest BCUT2D eigenvalue weighted by atomic mass is 19.4. The zero-order valence-corrected chi connectivity index (χ0v) is 16.9. The van der Waals surface area contributed by atoms with Crippen molar-refractivity contribution in [3.63, 3.8) is 0 Å². The van der Waals surface area contributed by atoms with Crippen molar-refractivity contribution in [1.29, 1.82) is 0 Å². The average molecular weight is 444 g/mol. The Morgan fingerprint density at radius 2 is 1.69 bits per heavy atom. The van der Waals surface area contributed by atoms with Crippen LogP contribution in [0.3, 0.4) is 0 Å². The fraction of sp³-hybridized carbons (Fsp3) is 0.130. The molecule has 166 valence electrons. The number of amides is 2. The number of hydrogen-bond donors (Lipinski definition) is 3. The van der Waals surface area contributed by atoms with Crippen molar-refractivity contribution < 1.29 is 32.6 Å². The summed E-state index contributed by atoms with van der Waals surface area (Å²) < 4.78 is 43.5. The molecular formula is C23H19F3N2O4. The minimum atomic E-state index is -4.51. The summed E-state index contributed by atoms with van der Waals surface area (Å²) in [5.74, 6) is -0.844. The number of rotatable bonds is 6. The van der Waals surface area contributed by atoms with Crippen LogP contribution >= 0.6 is 0 Å². The maximum atomic E-state index is 12.7. The number of benzene rings is 3. The van der Waals surface area contributed by atoms with Crippen LogP contribution in [0.25, 0.3) is 0 Å². The highest BCUT2D eigenvalue weighted by Gasteiger charge is 2.30. The van der Waals surface area contributed by atoms with Gasteiger partial charge in [0.05, 0.1) is 11.3 Å². The van der Waals surface area contributed by atoms with Gasteiger partial charge in [0.25, 0.3) is 11.8 Å². The third-order valence-corrected chi connectivity index (χ3v) is 4.36. The van der Waals surface area contributed by atoms with Crippen LogP contribution in [0.5, 0.6) is 11.5 Å². The highest BCUT2D eigenvalue weighted by molar-refractivity contribution is 6.05. The molecule has 3 N–H and O–H groups in total. The lowest BCUT2D eigenvalue weighted by atomic mass is 10.1. The largest absolute Gasteiger partial charge is 0.506 e. The van der Waals surface area contributed by atoms with Gasteiger partial charge in [-0.15, -0.1) is 0 Å². The maximum Gasteiger partial charge on any atom is 0.416 e. The summed E-state index contributed by atoms with van der Waals surface area (Å²) in [5, 5.41) is 14.8. The topological polar surface area (TPSA) is 87.7 Å². The first-order chi connectivity index (χ1) is 15.1. The van der Waals surface area contributed by atoms with Crippen molar-refractivity contribution >= 4 is 23.2 Å². The van der Waals surface area contributed by atoms with Crippen molar-refractivity contribution in [2.45, 2.75) is 13.1 Å². The Morgan fingerprint density at radius 3 is 2.34 bits per heavy atom. The van der Waals surface area contributed by atoms with Crippen molar-refractivity contribution in [1.82, 2.24) is 0 Å². The lowest BCUT2D eigenvalue weighted by molar-refractivity contribution is -0.137. The van der Waals surface area contributed by atoms with Gasteiger partial charge in [0.2, 0.25) is 0 Å². The Hall–Kier alpha value is -4.01. The van der Waals surface area contributed by atoms with Crippen molar-refractivity contribution in [3.8, 4) is 11.5 Å². The Kier molecular flexibility index (Phi) is 6.67. The van der Waals surface area contributed by atoms with Crippen LogP contribution in [0.2, 0.25) is 0 Å². The van der Waals surface area contributed by atoms with E-state index in [4.69, 9.17) is 4.74 Å². The molecule has 32 heavy (non-hydrogen) atoms. The number of alkyl halides is 3. The van der Waals surface area contributed by atoms with Gasteiger partial charge in [0, 0.05) is 11.3 Å². The predicted octanol–water partition coefficient (Wildman–Crippen LogP) is 4.99. The quantitative estimate of drug-likeness (QED) is 0.468. The van der Waals surface area contributed by atoms with E-state index in [9.17, 15) is 27.9 Å². The molecule has 0 fully saturated rings. The standard InChI is InChI=1S/C23H19F3N2O4/c1-14-5-10-19(20(29)11-14)28-22(31)15-6-8-18(9-7-15)32-13-21(30)27-17-4-2-3-16(12-17)23(24,25)26/h2-12,29H,13H2,1H3,(H,27,30)(H,28,31). The monoisotopic (exact) mass is 444 g/mol. The number of anilines is 2. The molecule has 0 radical (unpaired) electrons. The molecule has 0 aromatic heterocycles. The summed E-state index contributed by atoms with van der Waals surface area (Å²) in [6.07, 6.45) is -4.51. The molecule has 0 aliphatic carbocycles. The van der Waals surface area contributed by atoms with E-state index in [1.807, 2.05) is 6.92 Å². The molecule has 0 aliphatic rings. The summed E-state index contributed by atoms with van der Waals surface area (Å²) in [7, 11) is 0. The zero-order valence-electron chi connectivity index (χ0n) is 16.9. The van der Waals surface area contributed by atoms with Crippen LogP contribution < -0.4 is 15.4 Å². The van der Waals surface area contributed by atoms with E-state index in [1.54, 1.807) is 12.1 Å². The predicted molar refractivity (Wildman–Crippen MR) is 113 cm³/mol. The number of aryl methyl sites for hydroxylation is 1. The fourth-order valence-electron chi connectivity index (χ4n) is 2.76. The van der Waals surface area contributed by atoms with Gasteiger partial charge in [-0.1, -0.05) is 12.1 Å². The Morgan fingerprint density at radius 1 is 0.969 bits per heavy atom. The summed E-state index contributed by atoms with van der Waals surface area (Å²) in [6.45, 7) is 1.38. The number of halogens is 3. The number of ether oxygens (including phenoxy) is 1. The summed E-state index contributed by atoms with van der Waals surface area (Å²) in [5.41, 5.74) is 0.542. The molecule has 0 unspecified atom stereocenters. The van der Waals surface area contributed by atoms with Gasteiger partial charge in [0.15, 0.2) is 6.61 Å². The number of carbonyl (C=O) groups is 2. The summed E-state index contributed by atoms with van der Waals surface area (Å²) >= 11 is 0. The number of aromatic hydroxyl groups is 1. The van der Waals surface area contributed by atoms with E-state index in [2.05, 4.69) is 10.6 Å². The number of hydrogen-bond acceptors (Lipinski definition) is 4. The molecule has 2 amide bonds. The Balaban J connectivity index is 1.54. The molecule has 0 atom stereocenters. The molecule has 6 nitrogen and oxygen atoms in total. The normalized spacial score (nSPS) is 11.0. The van der Waals surface area contributed by atoms with E-state index in [0.717, 1.165) is 17.7 Å². The van der Waals surface area contributed by atoms with Crippen molar-refractivity contribution in [3.05, 3.63) is 83.4 Å². The summed E-state index contributed by atoms with van der Waals surface area (Å²) in [4.78, 5) is 24.3. The van der Waals surface area contributed by atoms with Crippen LogP contribution in [0.4, 0.5) is 24.5 Å².